The zero-order valence-electron chi connectivity index (χ0n) is 13.6. The van der Waals surface area contributed by atoms with E-state index in [0.717, 1.165) is 9.36 Å². The van der Waals surface area contributed by atoms with Crippen molar-refractivity contribution in [3.63, 3.8) is 0 Å². The van der Waals surface area contributed by atoms with Crippen LogP contribution < -0.4 is 11.1 Å². The highest BCUT2D eigenvalue weighted by Gasteiger charge is 2.14. The maximum atomic E-state index is 12.4. The standard InChI is InChI=1S/C17H14N6O3/c24-11(9-22-16(25)12-5-1-3-7-14(12)18-20-22)10-23-17(26)13-6-2-4-8-15(13)19-21-23/h1-8,11,24H,9-10H2. The number of nitrogens with zero attached hydrogens (tertiary/aromatic N) is 6. The molecule has 0 bridgehead atoms. The van der Waals surface area contributed by atoms with Crippen molar-refractivity contribution in [2.24, 2.45) is 0 Å². The molecule has 0 fully saturated rings. The molecule has 2 aromatic carbocycles. The van der Waals surface area contributed by atoms with Gasteiger partial charge in [0, 0.05) is 0 Å². The van der Waals surface area contributed by atoms with Crippen molar-refractivity contribution in [2.45, 2.75) is 19.2 Å². The van der Waals surface area contributed by atoms with E-state index in [1.165, 1.54) is 0 Å². The van der Waals surface area contributed by atoms with Gasteiger partial charge in [0.25, 0.3) is 11.1 Å². The summed E-state index contributed by atoms with van der Waals surface area (Å²) in [5.41, 5.74) is 0.262. The lowest BCUT2D eigenvalue weighted by Crippen LogP contribution is -2.35. The first-order valence-corrected chi connectivity index (χ1v) is 7.96. The number of hydrogen-bond donors (Lipinski definition) is 1. The summed E-state index contributed by atoms with van der Waals surface area (Å²) in [6.45, 7) is -0.227. The predicted molar refractivity (Wildman–Crippen MR) is 93.6 cm³/mol. The fourth-order valence-electron chi connectivity index (χ4n) is 2.74. The van der Waals surface area contributed by atoms with E-state index in [1.54, 1.807) is 48.5 Å². The Morgan fingerprint density at radius 1 is 0.769 bits per heavy atom. The summed E-state index contributed by atoms with van der Waals surface area (Å²) < 4.78 is 2.15. The van der Waals surface area contributed by atoms with Crippen LogP contribution in [0.25, 0.3) is 21.8 Å². The van der Waals surface area contributed by atoms with Gasteiger partial charge >= 0.3 is 0 Å². The molecule has 0 saturated carbocycles. The third kappa shape index (κ3) is 2.84. The minimum Gasteiger partial charge on any atom is -0.389 e. The van der Waals surface area contributed by atoms with E-state index in [1.807, 2.05) is 0 Å². The molecular weight excluding hydrogens is 336 g/mol. The van der Waals surface area contributed by atoms with Gasteiger partial charge in [-0.25, -0.2) is 9.36 Å². The highest BCUT2D eigenvalue weighted by atomic mass is 16.3. The lowest BCUT2D eigenvalue weighted by atomic mass is 10.2. The summed E-state index contributed by atoms with van der Waals surface area (Å²) in [4.78, 5) is 24.8. The van der Waals surface area contributed by atoms with Crippen molar-refractivity contribution < 1.29 is 5.11 Å². The SMILES string of the molecule is O=c1c2ccccc2nnn1CC(O)Cn1nnc2ccccc2c1=O. The van der Waals surface area contributed by atoms with Gasteiger partial charge in [0.1, 0.15) is 11.0 Å². The van der Waals surface area contributed by atoms with Crippen LogP contribution in [0.15, 0.2) is 58.1 Å². The van der Waals surface area contributed by atoms with Gasteiger partial charge in [-0.15, -0.1) is 10.2 Å². The van der Waals surface area contributed by atoms with E-state index in [9.17, 15) is 14.7 Å². The molecule has 0 spiro atoms. The summed E-state index contributed by atoms with van der Waals surface area (Å²) in [5, 5.41) is 26.7. The van der Waals surface area contributed by atoms with Gasteiger partial charge in [0.15, 0.2) is 0 Å². The summed E-state index contributed by atoms with van der Waals surface area (Å²) in [5.74, 6) is 0. The molecular formula is C17H14N6O3. The fraction of sp³-hybridized carbons (Fsp3) is 0.176. The Balaban J connectivity index is 1.61. The molecule has 0 unspecified atom stereocenters. The van der Waals surface area contributed by atoms with Crippen LogP contribution in [0.4, 0.5) is 0 Å². The van der Waals surface area contributed by atoms with Gasteiger partial charge < -0.3 is 5.11 Å². The Labute approximate surface area is 146 Å². The van der Waals surface area contributed by atoms with Crippen LogP contribution in [-0.2, 0) is 13.1 Å². The lowest BCUT2D eigenvalue weighted by molar-refractivity contribution is 0.120. The summed E-state index contributed by atoms with van der Waals surface area (Å²) in [7, 11) is 0. The number of aliphatic hydroxyl groups excluding tert-OH is 1. The Kier molecular flexibility index (Phi) is 3.98. The van der Waals surface area contributed by atoms with E-state index in [4.69, 9.17) is 0 Å². The Morgan fingerprint density at radius 2 is 1.19 bits per heavy atom. The van der Waals surface area contributed by atoms with Crippen molar-refractivity contribution in [1.29, 1.82) is 0 Å². The van der Waals surface area contributed by atoms with Gasteiger partial charge in [0.2, 0.25) is 0 Å². The monoisotopic (exact) mass is 350 g/mol. The van der Waals surface area contributed by atoms with Crippen LogP contribution in [0.1, 0.15) is 0 Å². The van der Waals surface area contributed by atoms with E-state index in [0.29, 0.717) is 21.8 Å². The van der Waals surface area contributed by atoms with E-state index >= 15 is 0 Å². The Morgan fingerprint density at radius 3 is 1.65 bits per heavy atom. The highest BCUT2D eigenvalue weighted by Crippen LogP contribution is 2.05. The first-order valence-electron chi connectivity index (χ1n) is 7.96. The maximum Gasteiger partial charge on any atom is 0.277 e. The van der Waals surface area contributed by atoms with Gasteiger partial charge in [-0.2, -0.15) is 0 Å². The van der Waals surface area contributed by atoms with Gasteiger partial charge in [0.05, 0.1) is 30.0 Å². The van der Waals surface area contributed by atoms with Crippen molar-refractivity contribution in [3.05, 3.63) is 69.2 Å². The van der Waals surface area contributed by atoms with E-state index in [-0.39, 0.29) is 24.2 Å². The molecule has 4 aromatic rings. The summed E-state index contributed by atoms with van der Waals surface area (Å²) in [6, 6.07) is 13.7. The molecule has 0 atom stereocenters. The quantitative estimate of drug-likeness (QED) is 0.549. The van der Waals surface area contributed by atoms with Gasteiger partial charge in [-0.05, 0) is 24.3 Å². The number of rotatable bonds is 4. The molecule has 0 aliphatic rings. The van der Waals surface area contributed by atoms with Gasteiger partial charge in [-0.1, -0.05) is 34.7 Å². The minimum absolute atomic E-state index is 0.113. The number of aromatic nitrogens is 6. The van der Waals surface area contributed by atoms with Crippen molar-refractivity contribution in [2.75, 3.05) is 0 Å². The second kappa shape index (κ2) is 6.45. The number of benzene rings is 2. The third-order valence-corrected chi connectivity index (χ3v) is 4.03. The van der Waals surface area contributed by atoms with Crippen molar-refractivity contribution in [1.82, 2.24) is 30.0 Å². The van der Waals surface area contributed by atoms with Crippen LogP contribution >= 0.6 is 0 Å². The fourth-order valence-corrected chi connectivity index (χ4v) is 2.74. The van der Waals surface area contributed by atoms with Gasteiger partial charge in [-0.3, -0.25) is 9.59 Å². The number of fused-ring (bicyclic) bond motifs is 2. The zero-order chi connectivity index (χ0) is 18.1. The molecule has 0 aliphatic heterocycles. The second-order valence-electron chi connectivity index (χ2n) is 5.84. The number of hydrogen-bond acceptors (Lipinski definition) is 7. The zero-order valence-corrected chi connectivity index (χ0v) is 13.6. The average molecular weight is 350 g/mol. The predicted octanol–water partition coefficient (Wildman–Crippen LogP) is -0.0425. The van der Waals surface area contributed by atoms with E-state index in [2.05, 4.69) is 20.6 Å². The molecule has 9 heteroatoms. The van der Waals surface area contributed by atoms with Crippen LogP contribution in [0, 0.1) is 0 Å². The van der Waals surface area contributed by atoms with Crippen LogP contribution in [-0.4, -0.2) is 41.2 Å². The highest BCUT2D eigenvalue weighted by molar-refractivity contribution is 5.77. The molecule has 0 saturated heterocycles. The molecule has 0 aliphatic carbocycles. The Bertz CT molecular complexity index is 1120. The van der Waals surface area contributed by atoms with Crippen LogP contribution in [0.2, 0.25) is 0 Å². The maximum absolute atomic E-state index is 12.4. The molecule has 4 rings (SSSR count). The first kappa shape index (κ1) is 16.0. The Hall–Kier alpha value is -3.46. The largest absolute Gasteiger partial charge is 0.389 e. The average Bonchev–Trinajstić information content (AvgIpc) is 2.67. The van der Waals surface area contributed by atoms with Crippen molar-refractivity contribution in [3.8, 4) is 0 Å². The van der Waals surface area contributed by atoms with E-state index < -0.39 is 6.10 Å². The topological polar surface area (TPSA) is 116 Å². The molecule has 26 heavy (non-hydrogen) atoms. The van der Waals surface area contributed by atoms with Crippen molar-refractivity contribution >= 4 is 21.8 Å². The first-order chi connectivity index (χ1) is 12.6. The minimum atomic E-state index is -1.06. The third-order valence-electron chi connectivity index (χ3n) is 4.03. The molecule has 0 amide bonds. The molecule has 1 N–H and O–H groups in total. The molecule has 0 radical (unpaired) electrons. The van der Waals surface area contributed by atoms with Crippen LogP contribution in [0.3, 0.4) is 0 Å². The van der Waals surface area contributed by atoms with Crippen LogP contribution in [0.5, 0.6) is 0 Å². The second-order valence-corrected chi connectivity index (χ2v) is 5.84. The molecule has 9 nitrogen and oxygen atoms in total. The molecule has 2 heterocycles. The summed E-state index contributed by atoms with van der Waals surface area (Å²) in [6.07, 6.45) is -1.06. The lowest BCUT2D eigenvalue weighted by Gasteiger charge is -2.12. The normalized spacial score (nSPS) is 11.5. The molecule has 2 aromatic heterocycles. The smallest absolute Gasteiger partial charge is 0.277 e. The summed E-state index contributed by atoms with van der Waals surface area (Å²) >= 11 is 0. The number of aliphatic hydroxyl groups is 1. The molecule has 130 valence electrons.